The number of hydrogen-bond acceptors (Lipinski definition) is 4. The quantitative estimate of drug-likeness (QED) is 0.468. The van der Waals surface area contributed by atoms with Gasteiger partial charge in [-0.2, -0.15) is 5.10 Å². The van der Waals surface area contributed by atoms with Crippen molar-refractivity contribution in [2.75, 3.05) is 20.2 Å². The van der Waals surface area contributed by atoms with E-state index in [1.807, 2.05) is 41.2 Å². The summed E-state index contributed by atoms with van der Waals surface area (Å²) >= 11 is 0. The summed E-state index contributed by atoms with van der Waals surface area (Å²) in [5.74, 6) is -0.686. The van der Waals surface area contributed by atoms with Gasteiger partial charge in [0.15, 0.2) is 0 Å². The van der Waals surface area contributed by atoms with Crippen LogP contribution in [-0.4, -0.2) is 40.7 Å². The molecule has 0 spiro atoms. The minimum Gasteiger partial charge on any atom is -0.466 e. The van der Waals surface area contributed by atoms with Crippen molar-refractivity contribution in [1.29, 1.82) is 0 Å². The molecule has 1 saturated heterocycles. The van der Waals surface area contributed by atoms with Gasteiger partial charge in [0.25, 0.3) is 0 Å². The van der Waals surface area contributed by atoms with E-state index < -0.39 is 5.97 Å². The molecule has 1 aliphatic rings. The third-order valence-corrected chi connectivity index (χ3v) is 5.53. The fourth-order valence-corrected chi connectivity index (χ4v) is 4.04. The van der Waals surface area contributed by atoms with Crippen molar-refractivity contribution in [3.8, 4) is 0 Å². The Balaban J connectivity index is 1.46. The maximum absolute atomic E-state index is 14.8. The van der Waals surface area contributed by atoms with Gasteiger partial charge in [0.05, 0.1) is 18.8 Å². The highest BCUT2D eigenvalue weighted by Crippen LogP contribution is 2.34. The maximum atomic E-state index is 14.8. The van der Waals surface area contributed by atoms with Crippen molar-refractivity contribution < 1.29 is 13.9 Å². The number of carbonyl (C=O) groups excluding carboxylic acids is 1. The Hall–Kier alpha value is -2.99. The lowest BCUT2D eigenvalue weighted by Crippen LogP contribution is -2.26. The number of hydrogen-bond donors (Lipinski definition) is 0. The van der Waals surface area contributed by atoms with E-state index in [0.29, 0.717) is 5.56 Å². The standard InChI is InChI=1S/C23H24FN3O2/c1-29-23(28)10-8-17-7-9-19(20(24)15-17)22-6-4-12-26(22)14-11-18-16-25-27-13-3-2-5-21(18)27/h2-3,5,7-10,13,15-16,22H,4,6,11-12,14H2,1H3. The molecule has 4 rings (SSSR count). The van der Waals surface area contributed by atoms with Gasteiger partial charge >= 0.3 is 5.97 Å². The van der Waals surface area contributed by atoms with Gasteiger partial charge < -0.3 is 4.74 Å². The molecular weight excluding hydrogens is 369 g/mol. The third-order valence-electron chi connectivity index (χ3n) is 5.53. The molecule has 0 aliphatic carbocycles. The second-order valence-corrected chi connectivity index (χ2v) is 7.28. The zero-order valence-electron chi connectivity index (χ0n) is 16.4. The molecule has 0 radical (unpaired) electrons. The number of fused-ring (bicyclic) bond motifs is 1. The van der Waals surface area contributed by atoms with Crippen molar-refractivity contribution in [3.63, 3.8) is 0 Å². The van der Waals surface area contributed by atoms with Crippen LogP contribution in [0.1, 0.15) is 35.6 Å². The summed E-state index contributed by atoms with van der Waals surface area (Å²) in [4.78, 5) is 13.6. The van der Waals surface area contributed by atoms with E-state index in [2.05, 4.69) is 20.8 Å². The average Bonchev–Trinajstić information content (AvgIpc) is 3.37. The Bertz CT molecular complexity index is 1040. The third kappa shape index (κ3) is 4.22. The molecule has 0 bridgehead atoms. The Kier molecular flexibility index (Phi) is 5.71. The number of nitrogens with zero attached hydrogens (tertiary/aromatic N) is 3. The highest BCUT2D eigenvalue weighted by atomic mass is 19.1. The lowest BCUT2D eigenvalue weighted by atomic mass is 10.0. The van der Waals surface area contributed by atoms with E-state index in [-0.39, 0.29) is 11.9 Å². The number of aromatic nitrogens is 2. The van der Waals surface area contributed by atoms with Crippen LogP contribution in [0.3, 0.4) is 0 Å². The minimum atomic E-state index is -0.454. The Morgan fingerprint density at radius 1 is 1.34 bits per heavy atom. The van der Waals surface area contributed by atoms with Gasteiger partial charge in [-0.05, 0) is 61.2 Å². The lowest BCUT2D eigenvalue weighted by molar-refractivity contribution is -0.134. The molecule has 3 aromatic rings. The maximum Gasteiger partial charge on any atom is 0.330 e. The van der Waals surface area contributed by atoms with Crippen molar-refractivity contribution >= 4 is 17.6 Å². The van der Waals surface area contributed by atoms with Gasteiger partial charge in [0.1, 0.15) is 5.82 Å². The normalized spacial score (nSPS) is 17.4. The first kappa shape index (κ1) is 19.3. The summed E-state index contributed by atoms with van der Waals surface area (Å²) in [6.45, 7) is 1.83. The van der Waals surface area contributed by atoms with Crippen LogP contribution in [0.2, 0.25) is 0 Å². The number of rotatable bonds is 6. The zero-order chi connectivity index (χ0) is 20.2. The van der Waals surface area contributed by atoms with Crippen LogP contribution in [0, 0.1) is 5.82 Å². The van der Waals surface area contributed by atoms with E-state index in [1.165, 1.54) is 24.8 Å². The van der Waals surface area contributed by atoms with Gasteiger partial charge in [0.2, 0.25) is 0 Å². The fourth-order valence-electron chi connectivity index (χ4n) is 4.04. The number of ether oxygens (including phenoxy) is 1. The molecule has 6 heteroatoms. The van der Waals surface area contributed by atoms with E-state index in [0.717, 1.165) is 43.4 Å². The van der Waals surface area contributed by atoms with Crippen LogP contribution in [0.15, 0.2) is 54.9 Å². The van der Waals surface area contributed by atoms with Gasteiger partial charge in [-0.3, -0.25) is 4.90 Å². The smallest absolute Gasteiger partial charge is 0.330 e. The second-order valence-electron chi connectivity index (χ2n) is 7.28. The van der Waals surface area contributed by atoms with Crippen LogP contribution in [0.5, 0.6) is 0 Å². The largest absolute Gasteiger partial charge is 0.466 e. The van der Waals surface area contributed by atoms with Crippen LogP contribution in [0.4, 0.5) is 4.39 Å². The molecule has 150 valence electrons. The molecular formula is C23H24FN3O2. The van der Waals surface area contributed by atoms with E-state index in [1.54, 1.807) is 6.08 Å². The highest BCUT2D eigenvalue weighted by molar-refractivity contribution is 5.86. The molecule has 1 unspecified atom stereocenters. The van der Waals surface area contributed by atoms with Crippen LogP contribution in [-0.2, 0) is 16.0 Å². The molecule has 2 aromatic heterocycles. The molecule has 0 amide bonds. The minimum absolute atomic E-state index is 0.0791. The van der Waals surface area contributed by atoms with Gasteiger partial charge in [-0.25, -0.2) is 13.7 Å². The number of pyridine rings is 1. The van der Waals surface area contributed by atoms with E-state index in [9.17, 15) is 9.18 Å². The van der Waals surface area contributed by atoms with Crippen LogP contribution >= 0.6 is 0 Å². The Morgan fingerprint density at radius 2 is 2.24 bits per heavy atom. The summed E-state index contributed by atoms with van der Waals surface area (Å²) in [6.07, 6.45) is 9.62. The molecule has 1 atom stereocenters. The molecule has 1 aliphatic heterocycles. The molecule has 29 heavy (non-hydrogen) atoms. The first-order valence-electron chi connectivity index (χ1n) is 9.86. The number of halogens is 1. The number of likely N-dealkylation sites (tertiary alicyclic amines) is 1. The molecule has 1 fully saturated rings. The summed E-state index contributed by atoms with van der Waals surface area (Å²) in [5, 5.41) is 4.40. The summed E-state index contributed by atoms with van der Waals surface area (Å²) < 4.78 is 21.3. The second kappa shape index (κ2) is 8.57. The lowest BCUT2D eigenvalue weighted by Gasteiger charge is -2.25. The SMILES string of the molecule is COC(=O)C=Cc1ccc(C2CCCN2CCc2cnn3ccccc23)c(F)c1. The monoisotopic (exact) mass is 393 g/mol. The van der Waals surface area contributed by atoms with Crippen molar-refractivity contribution in [2.24, 2.45) is 0 Å². The first-order chi connectivity index (χ1) is 14.2. The highest BCUT2D eigenvalue weighted by Gasteiger charge is 2.28. The van der Waals surface area contributed by atoms with Gasteiger partial charge in [-0.1, -0.05) is 18.2 Å². The fraction of sp³-hybridized carbons (Fsp3) is 0.304. The Morgan fingerprint density at radius 3 is 3.07 bits per heavy atom. The molecule has 0 saturated carbocycles. The average molecular weight is 393 g/mol. The molecule has 5 nitrogen and oxygen atoms in total. The number of methoxy groups -OCH3 is 1. The summed E-state index contributed by atoms with van der Waals surface area (Å²) in [7, 11) is 1.32. The van der Waals surface area contributed by atoms with Crippen LogP contribution in [0.25, 0.3) is 11.6 Å². The van der Waals surface area contributed by atoms with Gasteiger partial charge in [0, 0.05) is 30.4 Å². The summed E-state index contributed by atoms with van der Waals surface area (Å²) in [6, 6.07) is 11.3. The molecule has 1 aromatic carbocycles. The number of esters is 1. The van der Waals surface area contributed by atoms with E-state index >= 15 is 0 Å². The molecule has 3 heterocycles. The predicted molar refractivity (Wildman–Crippen MR) is 110 cm³/mol. The topological polar surface area (TPSA) is 46.8 Å². The molecule has 0 N–H and O–H groups in total. The zero-order valence-corrected chi connectivity index (χ0v) is 16.4. The van der Waals surface area contributed by atoms with Gasteiger partial charge in [-0.15, -0.1) is 0 Å². The number of benzene rings is 1. The van der Waals surface area contributed by atoms with E-state index in [4.69, 9.17) is 0 Å². The van der Waals surface area contributed by atoms with Crippen molar-refractivity contribution in [3.05, 3.63) is 77.4 Å². The first-order valence-corrected chi connectivity index (χ1v) is 9.86. The number of carbonyl (C=O) groups is 1. The predicted octanol–water partition coefficient (Wildman–Crippen LogP) is 4.04. The van der Waals surface area contributed by atoms with Crippen molar-refractivity contribution in [1.82, 2.24) is 14.5 Å². The van der Waals surface area contributed by atoms with Crippen LogP contribution < -0.4 is 0 Å². The summed E-state index contributed by atoms with van der Waals surface area (Å²) in [5.41, 5.74) is 3.70. The van der Waals surface area contributed by atoms with Crippen molar-refractivity contribution in [2.45, 2.75) is 25.3 Å². The Labute approximate surface area is 169 Å².